The molecule has 19 heteroatoms. The standard InChI is InChI=1S/C70H136O17P2/c1-7-10-12-14-15-16-17-18-19-20-21-22-23-24-25-30-36-42-48-54-69(74)87-66(59-81-68(73)53-47-41-35-29-27-26-28-33-39-44-50-62(4)5)61-85-89(78,79)83-57-64(71)56-82-88(76,77)84-60-65(58-80-67(72)52-46-38-13-11-8-2)86-70(75)55-49-43-37-32-31-34-40-45-51-63(6)9-3/h62-66,71H,7-61H2,1-6H3,(H,76,77)(H,78,79)/t63?,64-,65+,66+/m0/s1. The zero-order valence-corrected chi connectivity index (χ0v) is 59.5. The Balaban J connectivity index is 5.15. The Morgan fingerprint density at radius 1 is 0.326 bits per heavy atom. The summed E-state index contributed by atoms with van der Waals surface area (Å²) in [7, 11) is -9.89. The topological polar surface area (TPSA) is 237 Å². The number of ether oxygens (including phenoxy) is 4. The maximum absolute atomic E-state index is 13.0. The van der Waals surface area contributed by atoms with Crippen LogP contribution in [0.4, 0.5) is 0 Å². The minimum atomic E-state index is -4.95. The molecule has 17 nitrogen and oxygen atoms in total. The first-order valence-electron chi connectivity index (χ1n) is 36.5. The summed E-state index contributed by atoms with van der Waals surface area (Å²) in [5, 5.41) is 10.6. The minimum Gasteiger partial charge on any atom is -0.462 e. The predicted octanol–water partition coefficient (Wildman–Crippen LogP) is 20.0. The lowest BCUT2D eigenvalue weighted by atomic mass is 9.99. The molecule has 0 amide bonds. The molecule has 0 saturated carbocycles. The van der Waals surface area contributed by atoms with E-state index in [1.807, 2.05) is 0 Å². The molecule has 528 valence electrons. The summed E-state index contributed by atoms with van der Waals surface area (Å²) in [5.74, 6) is -0.608. The summed E-state index contributed by atoms with van der Waals surface area (Å²) < 4.78 is 68.1. The SMILES string of the molecule is CCCCCCCCCCCCCCCCCCCCCC(=O)O[C@H](COC(=O)CCCCCCCCCCCCC(C)C)COP(=O)(O)OC[C@@H](O)COP(=O)(O)OC[C@@H](COC(=O)CCCCCCC)OC(=O)CCCCCCCCCCC(C)CC. The van der Waals surface area contributed by atoms with Crippen LogP contribution >= 0.6 is 15.6 Å². The number of phosphoric ester groups is 2. The predicted molar refractivity (Wildman–Crippen MR) is 358 cm³/mol. The van der Waals surface area contributed by atoms with E-state index in [0.29, 0.717) is 25.7 Å². The van der Waals surface area contributed by atoms with Gasteiger partial charge in [0.2, 0.25) is 0 Å². The number of hydrogen-bond donors (Lipinski definition) is 3. The Morgan fingerprint density at radius 2 is 0.573 bits per heavy atom. The number of aliphatic hydroxyl groups is 1. The van der Waals surface area contributed by atoms with E-state index < -0.39 is 97.5 Å². The largest absolute Gasteiger partial charge is 0.472 e. The van der Waals surface area contributed by atoms with E-state index >= 15 is 0 Å². The van der Waals surface area contributed by atoms with Crippen LogP contribution < -0.4 is 0 Å². The van der Waals surface area contributed by atoms with Gasteiger partial charge < -0.3 is 33.8 Å². The first-order valence-corrected chi connectivity index (χ1v) is 39.5. The van der Waals surface area contributed by atoms with Crippen LogP contribution in [0, 0.1) is 11.8 Å². The second-order valence-electron chi connectivity index (χ2n) is 26.0. The molecule has 0 aromatic carbocycles. The molecule has 6 atom stereocenters. The fraction of sp³-hybridized carbons (Fsp3) is 0.943. The summed E-state index contributed by atoms with van der Waals surface area (Å²) >= 11 is 0. The lowest BCUT2D eigenvalue weighted by Crippen LogP contribution is -2.30. The second kappa shape index (κ2) is 62.2. The van der Waals surface area contributed by atoms with Gasteiger partial charge >= 0.3 is 39.5 Å². The fourth-order valence-corrected chi connectivity index (χ4v) is 12.1. The van der Waals surface area contributed by atoms with Crippen molar-refractivity contribution in [3.63, 3.8) is 0 Å². The normalized spacial score (nSPS) is 14.4. The molecule has 0 aliphatic heterocycles. The van der Waals surface area contributed by atoms with Crippen LogP contribution in [0.3, 0.4) is 0 Å². The number of esters is 4. The molecule has 0 saturated heterocycles. The molecule has 0 rings (SSSR count). The van der Waals surface area contributed by atoms with Crippen LogP contribution in [-0.2, 0) is 65.4 Å². The summed E-state index contributed by atoms with van der Waals surface area (Å²) in [4.78, 5) is 72.3. The lowest BCUT2D eigenvalue weighted by molar-refractivity contribution is -0.161. The third-order valence-electron chi connectivity index (χ3n) is 16.6. The number of phosphoric acid groups is 2. The van der Waals surface area contributed by atoms with Crippen molar-refractivity contribution in [2.24, 2.45) is 11.8 Å². The average molecular weight is 1310 g/mol. The molecule has 0 aromatic heterocycles. The van der Waals surface area contributed by atoms with Crippen LogP contribution in [0.5, 0.6) is 0 Å². The number of aliphatic hydroxyl groups excluding tert-OH is 1. The fourth-order valence-electron chi connectivity index (χ4n) is 10.6. The molecule has 0 heterocycles. The Bertz CT molecular complexity index is 1740. The van der Waals surface area contributed by atoms with Crippen LogP contribution in [0.15, 0.2) is 0 Å². The Morgan fingerprint density at radius 3 is 0.854 bits per heavy atom. The molecule has 3 N–H and O–H groups in total. The molecule has 0 bridgehead atoms. The highest BCUT2D eigenvalue weighted by atomic mass is 31.2. The molecule has 89 heavy (non-hydrogen) atoms. The third-order valence-corrected chi connectivity index (χ3v) is 18.5. The van der Waals surface area contributed by atoms with Crippen molar-refractivity contribution in [2.75, 3.05) is 39.6 Å². The van der Waals surface area contributed by atoms with E-state index in [9.17, 15) is 43.2 Å². The zero-order chi connectivity index (χ0) is 65.7. The average Bonchev–Trinajstić information content (AvgIpc) is 3.66. The number of hydrogen-bond acceptors (Lipinski definition) is 15. The monoisotopic (exact) mass is 1310 g/mol. The van der Waals surface area contributed by atoms with Crippen molar-refractivity contribution in [3.8, 4) is 0 Å². The van der Waals surface area contributed by atoms with Gasteiger partial charge in [-0.1, -0.05) is 305 Å². The summed E-state index contributed by atoms with van der Waals surface area (Å²) in [6, 6.07) is 0. The van der Waals surface area contributed by atoms with Crippen molar-refractivity contribution in [1.29, 1.82) is 0 Å². The van der Waals surface area contributed by atoms with Gasteiger partial charge in [-0.25, -0.2) is 9.13 Å². The van der Waals surface area contributed by atoms with Crippen molar-refractivity contribution in [1.82, 2.24) is 0 Å². The molecule has 0 spiro atoms. The Labute approximate surface area is 543 Å². The third kappa shape index (κ3) is 63.2. The van der Waals surface area contributed by atoms with Crippen LogP contribution in [-0.4, -0.2) is 96.7 Å². The Kier molecular flexibility index (Phi) is 60.8. The number of carbonyl (C=O) groups excluding carboxylic acids is 4. The van der Waals surface area contributed by atoms with Gasteiger partial charge in [-0.15, -0.1) is 0 Å². The maximum atomic E-state index is 13.0. The molecular formula is C70H136O17P2. The summed E-state index contributed by atoms with van der Waals surface area (Å²) in [6.45, 7) is 9.45. The first-order chi connectivity index (χ1) is 42.9. The van der Waals surface area contributed by atoms with Gasteiger partial charge in [0.15, 0.2) is 12.2 Å². The van der Waals surface area contributed by atoms with E-state index in [1.165, 1.54) is 167 Å². The molecule has 0 aliphatic rings. The van der Waals surface area contributed by atoms with Gasteiger partial charge in [-0.2, -0.15) is 0 Å². The van der Waals surface area contributed by atoms with Gasteiger partial charge in [-0.05, 0) is 37.5 Å². The van der Waals surface area contributed by atoms with E-state index in [2.05, 4.69) is 41.5 Å². The smallest absolute Gasteiger partial charge is 0.462 e. The van der Waals surface area contributed by atoms with Crippen molar-refractivity contribution in [3.05, 3.63) is 0 Å². The molecule has 0 aliphatic carbocycles. The quantitative estimate of drug-likeness (QED) is 0.0222. The van der Waals surface area contributed by atoms with Crippen molar-refractivity contribution < 1.29 is 80.2 Å². The maximum Gasteiger partial charge on any atom is 0.472 e. The summed E-state index contributed by atoms with van der Waals surface area (Å²) in [5.41, 5.74) is 0. The van der Waals surface area contributed by atoms with Gasteiger partial charge in [0.25, 0.3) is 0 Å². The van der Waals surface area contributed by atoms with E-state index in [1.54, 1.807) is 0 Å². The molecule has 0 fully saturated rings. The summed E-state index contributed by atoms with van der Waals surface area (Å²) in [6.07, 6.45) is 47.6. The first kappa shape index (κ1) is 87.1. The van der Waals surface area contributed by atoms with Gasteiger partial charge in [0.1, 0.15) is 19.3 Å². The number of unbranched alkanes of at least 4 members (excludes halogenated alkanes) is 38. The second-order valence-corrected chi connectivity index (χ2v) is 28.9. The highest BCUT2D eigenvalue weighted by molar-refractivity contribution is 7.47. The number of carbonyl (C=O) groups is 4. The molecule has 0 aromatic rings. The van der Waals surface area contributed by atoms with E-state index in [0.717, 1.165) is 108 Å². The highest BCUT2D eigenvalue weighted by Gasteiger charge is 2.30. The van der Waals surface area contributed by atoms with Crippen LogP contribution in [0.1, 0.15) is 356 Å². The van der Waals surface area contributed by atoms with E-state index in [-0.39, 0.29) is 25.7 Å². The molecule has 3 unspecified atom stereocenters. The Hall–Kier alpha value is -1.94. The highest BCUT2D eigenvalue weighted by Crippen LogP contribution is 2.45. The van der Waals surface area contributed by atoms with E-state index in [4.69, 9.17) is 37.0 Å². The molecule has 0 radical (unpaired) electrons. The number of rotatable bonds is 69. The minimum absolute atomic E-state index is 0.104. The molecular weight excluding hydrogens is 1170 g/mol. The van der Waals surface area contributed by atoms with Gasteiger partial charge in [0.05, 0.1) is 26.4 Å². The zero-order valence-electron chi connectivity index (χ0n) is 57.7. The van der Waals surface area contributed by atoms with Crippen LogP contribution in [0.2, 0.25) is 0 Å². The van der Waals surface area contributed by atoms with Crippen LogP contribution in [0.25, 0.3) is 0 Å². The van der Waals surface area contributed by atoms with Crippen molar-refractivity contribution >= 4 is 39.5 Å². The lowest BCUT2D eigenvalue weighted by Gasteiger charge is -2.21. The van der Waals surface area contributed by atoms with Gasteiger partial charge in [-0.3, -0.25) is 37.3 Å². The van der Waals surface area contributed by atoms with Crippen molar-refractivity contribution in [2.45, 2.75) is 374 Å². The van der Waals surface area contributed by atoms with Gasteiger partial charge in [0, 0.05) is 25.7 Å².